The molecule has 148 valence electrons. The van der Waals surface area contributed by atoms with E-state index < -0.39 is 0 Å². The van der Waals surface area contributed by atoms with Crippen LogP contribution in [0.15, 0.2) is 0 Å². The Hall–Kier alpha value is -0.700. The van der Waals surface area contributed by atoms with Crippen LogP contribution in [0.25, 0.3) is 0 Å². The molecule has 4 aliphatic carbocycles. The van der Waals surface area contributed by atoms with Gasteiger partial charge in [0.15, 0.2) is 0 Å². The van der Waals surface area contributed by atoms with E-state index in [2.05, 4.69) is 18.8 Å². The number of nitrogens with zero attached hydrogens (tertiary/aromatic N) is 3. The van der Waals surface area contributed by atoms with Gasteiger partial charge in [-0.05, 0) is 99.0 Å². The molecule has 4 saturated carbocycles. The van der Waals surface area contributed by atoms with Crippen LogP contribution in [-0.2, 0) is 5.41 Å². The molecule has 0 radical (unpaired) electrons. The lowest BCUT2D eigenvalue weighted by Crippen LogP contribution is -2.41. The lowest BCUT2D eigenvalue weighted by Gasteiger charge is -2.47. The van der Waals surface area contributed by atoms with Crippen LogP contribution in [0.3, 0.4) is 0 Å². The van der Waals surface area contributed by atoms with Crippen LogP contribution in [-0.4, -0.2) is 15.0 Å². The summed E-state index contributed by atoms with van der Waals surface area (Å²) in [5.74, 6) is 6.82. The van der Waals surface area contributed by atoms with Crippen molar-refractivity contribution in [3.05, 3.63) is 16.9 Å². The predicted molar refractivity (Wildman–Crippen MR) is 109 cm³/mol. The Bertz CT molecular complexity index is 685. The van der Waals surface area contributed by atoms with Crippen molar-refractivity contribution in [2.75, 3.05) is 0 Å². The molecule has 0 N–H and O–H groups in total. The zero-order valence-electron chi connectivity index (χ0n) is 17.0. The second-order valence-electron chi connectivity index (χ2n) is 10.8. The summed E-state index contributed by atoms with van der Waals surface area (Å²) in [4.78, 5) is 14.6. The van der Waals surface area contributed by atoms with Crippen LogP contribution < -0.4 is 0 Å². The maximum absolute atomic E-state index is 6.48. The normalized spacial score (nSPS) is 44.1. The van der Waals surface area contributed by atoms with Gasteiger partial charge in [-0.1, -0.05) is 26.7 Å². The van der Waals surface area contributed by atoms with Crippen molar-refractivity contribution in [2.24, 2.45) is 29.6 Å². The summed E-state index contributed by atoms with van der Waals surface area (Å²) in [5.41, 5.74) is 0.168. The fraction of sp³-hybridized carbons (Fsp3) is 0.870. The lowest BCUT2D eigenvalue weighted by atomic mass is 9.59. The van der Waals surface area contributed by atoms with Crippen LogP contribution in [0.4, 0.5) is 0 Å². The maximum Gasteiger partial charge on any atom is 0.225 e. The predicted octanol–water partition coefficient (Wildman–Crippen LogP) is 6.31. The Morgan fingerprint density at radius 2 is 1.56 bits per heavy atom. The summed E-state index contributed by atoms with van der Waals surface area (Å²) < 4.78 is 0. The Balaban J connectivity index is 1.45. The standard InChI is InChI=1S/C23H34ClN3/c1-14-6-17-9-18(7-14)11-19(10-17)20-25-21(27-22(24)26-20)23-5-3-4-16(13-23)8-15(2)12-23/h14-19H,3-13H2,1-2H3. The molecule has 0 saturated heterocycles. The first-order chi connectivity index (χ1) is 13.0. The minimum atomic E-state index is 0.168. The number of hydrogen-bond donors (Lipinski definition) is 0. The minimum Gasteiger partial charge on any atom is -0.217 e. The molecule has 4 bridgehead atoms. The summed E-state index contributed by atoms with van der Waals surface area (Å²) in [6.07, 6.45) is 14.6. The van der Waals surface area contributed by atoms with Crippen LogP contribution >= 0.6 is 11.6 Å². The van der Waals surface area contributed by atoms with Crippen LogP contribution in [0.2, 0.25) is 5.28 Å². The average molecular weight is 388 g/mol. The van der Waals surface area contributed by atoms with E-state index in [-0.39, 0.29) is 5.41 Å². The Morgan fingerprint density at radius 1 is 0.815 bits per heavy atom. The van der Waals surface area contributed by atoms with Gasteiger partial charge in [0.1, 0.15) is 11.6 Å². The van der Waals surface area contributed by atoms with Crippen LogP contribution in [0, 0.1) is 29.6 Å². The first kappa shape index (κ1) is 18.3. The summed E-state index contributed by atoms with van der Waals surface area (Å²) in [7, 11) is 0. The number of hydrogen-bond acceptors (Lipinski definition) is 3. The van der Waals surface area contributed by atoms with Crippen molar-refractivity contribution in [3.8, 4) is 0 Å². The fourth-order valence-electron chi connectivity index (χ4n) is 7.67. The highest BCUT2D eigenvalue weighted by molar-refractivity contribution is 6.28. The zero-order chi connectivity index (χ0) is 18.6. The van der Waals surface area contributed by atoms with E-state index in [9.17, 15) is 0 Å². The van der Waals surface area contributed by atoms with Crippen molar-refractivity contribution < 1.29 is 0 Å². The third-order valence-corrected chi connectivity index (χ3v) is 8.43. The van der Waals surface area contributed by atoms with Crippen LogP contribution in [0.5, 0.6) is 0 Å². The van der Waals surface area contributed by atoms with Crippen molar-refractivity contribution >= 4 is 11.6 Å². The molecule has 5 unspecified atom stereocenters. The number of aromatic nitrogens is 3. The van der Waals surface area contributed by atoms with E-state index in [0.29, 0.717) is 11.2 Å². The quantitative estimate of drug-likeness (QED) is 0.596. The molecule has 4 aliphatic rings. The van der Waals surface area contributed by atoms with E-state index in [1.807, 2.05) is 0 Å². The monoisotopic (exact) mass is 387 g/mol. The van der Waals surface area contributed by atoms with E-state index >= 15 is 0 Å². The topological polar surface area (TPSA) is 38.7 Å². The van der Waals surface area contributed by atoms with Gasteiger partial charge in [-0.25, -0.2) is 15.0 Å². The van der Waals surface area contributed by atoms with Crippen molar-refractivity contribution in [1.82, 2.24) is 15.0 Å². The van der Waals surface area contributed by atoms with Crippen molar-refractivity contribution in [3.63, 3.8) is 0 Å². The summed E-state index contributed by atoms with van der Waals surface area (Å²) >= 11 is 6.48. The molecule has 0 spiro atoms. The molecule has 0 aromatic carbocycles. The Labute approximate surface area is 169 Å². The van der Waals surface area contributed by atoms with Crippen molar-refractivity contribution in [1.29, 1.82) is 0 Å². The molecule has 1 heterocycles. The minimum absolute atomic E-state index is 0.168. The van der Waals surface area contributed by atoms with Gasteiger partial charge < -0.3 is 0 Å². The first-order valence-corrected chi connectivity index (χ1v) is 11.8. The molecule has 1 aromatic rings. The van der Waals surface area contributed by atoms with E-state index in [0.717, 1.165) is 41.2 Å². The molecule has 1 aromatic heterocycles. The molecule has 4 fully saturated rings. The maximum atomic E-state index is 6.48. The number of halogens is 1. The SMILES string of the molecule is CC1CC2CC(C1)CC(c1nc(Cl)nc(C34CCCC(CC(C)C3)C4)n1)C2. The van der Waals surface area contributed by atoms with Gasteiger partial charge in [0.2, 0.25) is 5.28 Å². The highest BCUT2D eigenvalue weighted by Crippen LogP contribution is 2.52. The van der Waals surface area contributed by atoms with Gasteiger partial charge in [-0.15, -0.1) is 0 Å². The van der Waals surface area contributed by atoms with Gasteiger partial charge in [-0.2, -0.15) is 0 Å². The molecule has 0 amide bonds. The van der Waals surface area contributed by atoms with Gasteiger partial charge in [-0.3, -0.25) is 0 Å². The molecular weight excluding hydrogens is 354 g/mol. The third-order valence-electron chi connectivity index (χ3n) is 8.26. The lowest BCUT2D eigenvalue weighted by molar-refractivity contribution is 0.102. The highest BCUT2D eigenvalue weighted by Gasteiger charge is 2.46. The first-order valence-electron chi connectivity index (χ1n) is 11.4. The Morgan fingerprint density at radius 3 is 2.33 bits per heavy atom. The molecule has 3 nitrogen and oxygen atoms in total. The third kappa shape index (κ3) is 3.54. The molecule has 27 heavy (non-hydrogen) atoms. The van der Waals surface area contributed by atoms with E-state index in [4.69, 9.17) is 21.6 Å². The van der Waals surface area contributed by atoms with E-state index in [1.165, 1.54) is 70.6 Å². The van der Waals surface area contributed by atoms with Gasteiger partial charge in [0.05, 0.1) is 0 Å². The number of fused-ring (bicyclic) bond motifs is 4. The van der Waals surface area contributed by atoms with E-state index in [1.54, 1.807) is 0 Å². The second-order valence-corrected chi connectivity index (χ2v) is 11.1. The largest absolute Gasteiger partial charge is 0.225 e. The van der Waals surface area contributed by atoms with Crippen LogP contribution in [0.1, 0.15) is 102 Å². The second kappa shape index (κ2) is 6.97. The molecular formula is C23H34ClN3. The Kier molecular flexibility index (Phi) is 4.73. The van der Waals surface area contributed by atoms with Gasteiger partial charge in [0, 0.05) is 11.3 Å². The molecule has 4 heteroatoms. The molecule has 5 atom stereocenters. The summed E-state index contributed by atoms with van der Waals surface area (Å²) in [5, 5.41) is 0.439. The summed E-state index contributed by atoms with van der Waals surface area (Å²) in [6, 6.07) is 0. The van der Waals surface area contributed by atoms with Gasteiger partial charge in [0.25, 0.3) is 0 Å². The van der Waals surface area contributed by atoms with Crippen molar-refractivity contribution in [2.45, 2.75) is 95.8 Å². The fourth-order valence-corrected chi connectivity index (χ4v) is 7.83. The average Bonchev–Trinajstić information content (AvgIpc) is 2.59. The summed E-state index contributed by atoms with van der Waals surface area (Å²) in [6.45, 7) is 4.85. The molecule has 0 aliphatic heterocycles. The highest BCUT2D eigenvalue weighted by atomic mass is 35.5. The molecule has 5 rings (SSSR count). The van der Waals surface area contributed by atoms with Gasteiger partial charge >= 0.3 is 0 Å². The zero-order valence-corrected chi connectivity index (χ0v) is 17.7. The number of rotatable bonds is 2. The smallest absolute Gasteiger partial charge is 0.217 e.